The molecule has 0 amide bonds. The molecule has 1 fully saturated rings. The second kappa shape index (κ2) is 4.40. The number of methoxy groups -OCH3 is 1. The van der Waals surface area contributed by atoms with Crippen LogP contribution in [0.1, 0.15) is 39.5 Å². The average Bonchev–Trinajstić information content (AvgIpc) is 2.57. The third-order valence-corrected chi connectivity index (χ3v) is 3.50. The van der Waals surface area contributed by atoms with E-state index in [4.69, 9.17) is 10.6 Å². The van der Waals surface area contributed by atoms with E-state index in [0.29, 0.717) is 6.04 Å². The summed E-state index contributed by atoms with van der Waals surface area (Å²) in [5, 5.41) is 1.95. The summed E-state index contributed by atoms with van der Waals surface area (Å²) in [6.07, 6.45) is 4.45. The van der Waals surface area contributed by atoms with Crippen LogP contribution < -0.4 is 5.84 Å². The first-order chi connectivity index (χ1) is 6.20. The Balaban J connectivity index is 2.73. The standard InChI is InChI=1S/C10H22N2O/c1-4-10(5-2,13-3)9-7-6-8-12(9)11/h9H,4-8,11H2,1-3H3/t9-/m1/s1. The molecule has 3 nitrogen and oxygen atoms in total. The van der Waals surface area contributed by atoms with Crippen molar-refractivity contribution in [1.29, 1.82) is 0 Å². The lowest BCUT2D eigenvalue weighted by Gasteiger charge is -2.39. The Morgan fingerprint density at radius 1 is 1.46 bits per heavy atom. The number of ether oxygens (including phenoxy) is 1. The van der Waals surface area contributed by atoms with Gasteiger partial charge in [-0.2, -0.15) is 0 Å². The predicted molar refractivity (Wildman–Crippen MR) is 54.2 cm³/mol. The molecule has 1 heterocycles. The summed E-state index contributed by atoms with van der Waals surface area (Å²) in [5.41, 5.74) is -0.0226. The van der Waals surface area contributed by atoms with Crippen LogP contribution in [0.4, 0.5) is 0 Å². The van der Waals surface area contributed by atoms with E-state index < -0.39 is 0 Å². The zero-order valence-electron chi connectivity index (χ0n) is 9.05. The van der Waals surface area contributed by atoms with Crippen molar-refractivity contribution < 1.29 is 4.74 Å². The van der Waals surface area contributed by atoms with Gasteiger partial charge in [-0.15, -0.1) is 0 Å². The molecule has 1 atom stereocenters. The van der Waals surface area contributed by atoms with E-state index in [1.807, 2.05) is 5.01 Å². The summed E-state index contributed by atoms with van der Waals surface area (Å²) in [6, 6.07) is 0.410. The van der Waals surface area contributed by atoms with Crippen LogP contribution in [0.2, 0.25) is 0 Å². The highest BCUT2D eigenvalue weighted by Gasteiger charge is 2.40. The first-order valence-corrected chi connectivity index (χ1v) is 5.26. The van der Waals surface area contributed by atoms with Crippen LogP contribution in [-0.2, 0) is 4.74 Å². The molecule has 0 aliphatic carbocycles. The van der Waals surface area contributed by atoms with Crippen LogP contribution in [0.25, 0.3) is 0 Å². The van der Waals surface area contributed by atoms with Gasteiger partial charge in [0.1, 0.15) is 0 Å². The molecule has 1 saturated heterocycles. The predicted octanol–water partition coefficient (Wildman–Crippen LogP) is 1.53. The monoisotopic (exact) mass is 186 g/mol. The van der Waals surface area contributed by atoms with Crippen molar-refractivity contribution in [3.05, 3.63) is 0 Å². The van der Waals surface area contributed by atoms with E-state index in [0.717, 1.165) is 19.4 Å². The molecular formula is C10H22N2O. The second-order valence-corrected chi connectivity index (χ2v) is 3.87. The van der Waals surface area contributed by atoms with Crippen LogP contribution in [0.15, 0.2) is 0 Å². The molecule has 2 N–H and O–H groups in total. The van der Waals surface area contributed by atoms with Gasteiger partial charge in [0.2, 0.25) is 0 Å². The van der Waals surface area contributed by atoms with E-state index in [1.54, 1.807) is 7.11 Å². The average molecular weight is 186 g/mol. The summed E-state index contributed by atoms with van der Waals surface area (Å²) in [5.74, 6) is 5.95. The summed E-state index contributed by atoms with van der Waals surface area (Å²) in [7, 11) is 1.80. The van der Waals surface area contributed by atoms with Gasteiger partial charge in [0.15, 0.2) is 0 Å². The van der Waals surface area contributed by atoms with E-state index in [2.05, 4.69) is 13.8 Å². The minimum Gasteiger partial charge on any atom is -0.377 e. The molecule has 13 heavy (non-hydrogen) atoms. The molecule has 0 saturated carbocycles. The van der Waals surface area contributed by atoms with Crippen molar-refractivity contribution in [2.45, 2.75) is 51.2 Å². The number of hydrogen-bond acceptors (Lipinski definition) is 3. The molecule has 1 aliphatic rings. The van der Waals surface area contributed by atoms with Gasteiger partial charge < -0.3 is 4.74 Å². The summed E-state index contributed by atoms with van der Waals surface area (Å²) in [6.45, 7) is 5.37. The maximum Gasteiger partial charge on any atom is 0.0841 e. The van der Waals surface area contributed by atoms with E-state index in [1.165, 1.54) is 12.8 Å². The van der Waals surface area contributed by atoms with Gasteiger partial charge in [-0.05, 0) is 25.7 Å². The highest BCUT2D eigenvalue weighted by molar-refractivity contribution is 4.94. The maximum absolute atomic E-state index is 5.95. The van der Waals surface area contributed by atoms with Gasteiger partial charge >= 0.3 is 0 Å². The van der Waals surface area contributed by atoms with Crippen LogP contribution in [0.5, 0.6) is 0 Å². The minimum atomic E-state index is -0.0226. The van der Waals surface area contributed by atoms with Crippen LogP contribution in [0, 0.1) is 0 Å². The van der Waals surface area contributed by atoms with Gasteiger partial charge in [-0.25, -0.2) is 5.01 Å². The molecule has 0 aromatic carbocycles. The fourth-order valence-electron chi connectivity index (χ4n) is 2.50. The van der Waals surface area contributed by atoms with Crippen molar-refractivity contribution in [2.24, 2.45) is 5.84 Å². The van der Waals surface area contributed by atoms with Gasteiger partial charge in [-0.1, -0.05) is 13.8 Å². The Morgan fingerprint density at radius 2 is 2.08 bits per heavy atom. The number of nitrogens with zero attached hydrogens (tertiary/aromatic N) is 1. The highest BCUT2D eigenvalue weighted by Crippen LogP contribution is 2.32. The lowest BCUT2D eigenvalue weighted by atomic mass is 9.87. The normalized spacial score (nSPS) is 25.4. The summed E-state index contributed by atoms with van der Waals surface area (Å²) < 4.78 is 5.67. The maximum atomic E-state index is 5.95. The smallest absolute Gasteiger partial charge is 0.0841 e. The molecule has 1 aliphatic heterocycles. The first-order valence-electron chi connectivity index (χ1n) is 5.26. The molecule has 1 rings (SSSR count). The third kappa shape index (κ3) is 1.87. The molecule has 0 unspecified atom stereocenters. The van der Waals surface area contributed by atoms with Crippen molar-refractivity contribution in [3.8, 4) is 0 Å². The fraction of sp³-hybridized carbons (Fsp3) is 1.00. The third-order valence-electron chi connectivity index (χ3n) is 3.50. The number of rotatable bonds is 4. The second-order valence-electron chi connectivity index (χ2n) is 3.87. The van der Waals surface area contributed by atoms with Crippen LogP contribution >= 0.6 is 0 Å². The number of hydrazine groups is 1. The topological polar surface area (TPSA) is 38.5 Å². The highest BCUT2D eigenvalue weighted by atomic mass is 16.5. The summed E-state index contributed by atoms with van der Waals surface area (Å²) >= 11 is 0. The van der Waals surface area contributed by atoms with Gasteiger partial charge in [0.05, 0.1) is 11.6 Å². The van der Waals surface area contributed by atoms with Crippen molar-refractivity contribution in [1.82, 2.24) is 5.01 Å². The molecule has 0 aromatic heterocycles. The molecule has 0 spiro atoms. The Bertz CT molecular complexity index is 149. The minimum absolute atomic E-state index is 0.0226. The molecular weight excluding hydrogens is 164 g/mol. The van der Waals surface area contributed by atoms with Crippen LogP contribution in [-0.4, -0.2) is 30.3 Å². The quantitative estimate of drug-likeness (QED) is 0.677. The van der Waals surface area contributed by atoms with Crippen molar-refractivity contribution >= 4 is 0 Å². The molecule has 0 bridgehead atoms. The van der Waals surface area contributed by atoms with E-state index >= 15 is 0 Å². The number of nitrogens with two attached hydrogens (primary N) is 1. The fourth-order valence-corrected chi connectivity index (χ4v) is 2.50. The SMILES string of the molecule is CCC(CC)(OC)[C@H]1CCCN1N. The Hall–Kier alpha value is -0.120. The van der Waals surface area contributed by atoms with Crippen LogP contribution in [0.3, 0.4) is 0 Å². The van der Waals surface area contributed by atoms with Crippen molar-refractivity contribution in [3.63, 3.8) is 0 Å². The Morgan fingerprint density at radius 3 is 2.38 bits per heavy atom. The largest absolute Gasteiger partial charge is 0.377 e. The van der Waals surface area contributed by atoms with Gasteiger partial charge in [0, 0.05) is 13.7 Å². The molecule has 78 valence electrons. The van der Waals surface area contributed by atoms with Crippen molar-refractivity contribution in [2.75, 3.05) is 13.7 Å². The lowest BCUT2D eigenvalue weighted by Crippen LogP contribution is -2.52. The van der Waals surface area contributed by atoms with E-state index in [9.17, 15) is 0 Å². The Labute approximate surface area is 81.2 Å². The zero-order valence-corrected chi connectivity index (χ0v) is 9.05. The molecule has 3 heteroatoms. The lowest BCUT2D eigenvalue weighted by molar-refractivity contribution is -0.0738. The van der Waals surface area contributed by atoms with Gasteiger partial charge in [-0.3, -0.25) is 5.84 Å². The number of hydrogen-bond donors (Lipinski definition) is 1. The van der Waals surface area contributed by atoms with E-state index in [-0.39, 0.29) is 5.60 Å². The van der Waals surface area contributed by atoms with Gasteiger partial charge in [0.25, 0.3) is 0 Å². The zero-order chi connectivity index (χ0) is 9.90. The molecule has 0 aromatic rings. The molecule has 0 radical (unpaired) electrons. The Kier molecular flexibility index (Phi) is 3.71. The summed E-state index contributed by atoms with van der Waals surface area (Å²) in [4.78, 5) is 0. The first kappa shape index (κ1) is 11.0.